The molecule has 0 aliphatic heterocycles. The monoisotopic (exact) mass is 154 g/mol. The maximum Gasteiger partial charge on any atom is 0.176 e. The van der Waals surface area contributed by atoms with Crippen molar-refractivity contribution in [2.45, 2.75) is 52.0 Å². The number of hydrogen-bond donors (Lipinski definition) is 1. The van der Waals surface area contributed by atoms with Gasteiger partial charge in [0.15, 0.2) is 6.19 Å². The quantitative estimate of drug-likeness (QED) is 0.362. The van der Waals surface area contributed by atoms with Crippen LogP contribution in [0.1, 0.15) is 46.0 Å². The summed E-state index contributed by atoms with van der Waals surface area (Å²) in [5.74, 6) is 0. The number of nitriles is 1. The molecule has 1 atom stereocenters. The summed E-state index contributed by atoms with van der Waals surface area (Å²) >= 11 is 0. The van der Waals surface area contributed by atoms with E-state index in [0.717, 1.165) is 6.42 Å². The van der Waals surface area contributed by atoms with Crippen LogP contribution in [0.25, 0.3) is 0 Å². The predicted molar refractivity (Wildman–Crippen MR) is 47.0 cm³/mol. The molecular formula is C9H18N2. The SMILES string of the molecule is CCCCCCC(C)NC#N. The molecule has 0 saturated carbocycles. The fourth-order valence-corrected chi connectivity index (χ4v) is 1.06. The van der Waals surface area contributed by atoms with E-state index < -0.39 is 0 Å². The summed E-state index contributed by atoms with van der Waals surface area (Å²) in [7, 11) is 0. The van der Waals surface area contributed by atoms with E-state index in [1.54, 1.807) is 0 Å². The molecular weight excluding hydrogens is 136 g/mol. The van der Waals surface area contributed by atoms with Crippen LogP contribution in [-0.4, -0.2) is 6.04 Å². The lowest BCUT2D eigenvalue weighted by atomic mass is 10.1. The molecule has 1 N–H and O–H groups in total. The van der Waals surface area contributed by atoms with E-state index in [4.69, 9.17) is 5.26 Å². The Morgan fingerprint density at radius 3 is 2.64 bits per heavy atom. The third-order valence-electron chi connectivity index (χ3n) is 1.80. The van der Waals surface area contributed by atoms with Crippen LogP contribution in [0, 0.1) is 11.5 Å². The average Bonchev–Trinajstić information content (AvgIpc) is 1.99. The van der Waals surface area contributed by atoms with Crippen LogP contribution >= 0.6 is 0 Å². The van der Waals surface area contributed by atoms with Gasteiger partial charge in [-0.3, -0.25) is 0 Å². The summed E-state index contributed by atoms with van der Waals surface area (Å²) in [4.78, 5) is 0. The molecule has 0 aromatic rings. The standard InChI is InChI=1S/C9H18N2/c1-3-4-5-6-7-9(2)11-8-10/h9,11H,3-7H2,1-2H3. The third kappa shape index (κ3) is 7.18. The topological polar surface area (TPSA) is 35.8 Å². The lowest BCUT2D eigenvalue weighted by Crippen LogP contribution is -2.20. The second-order valence-corrected chi connectivity index (χ2v) is 3.01. The molecule has 0 radical (unpaired) electrons. The Hall–Kier alpha value is -0.710. The van der Waals surface area contributed by atoms with E-state index >= 15 is 0 Å². The van der Waals surface area contributed by atoms with Crippen LogP contribution in [0.15, 0.2) is 0 Å². The minimum Gasteiger partial charge on any atom is -0.321 e. The molecule has 0 aromatic carbocycles. The highest BCUT2D eigenvalue weighted by molar-refractivity contribution is 4.71. The molecule has 0 rings (SSSR count). The summed E-state index contributed by atoms with van der Waals surface area (Å²) in [6.07, 6.45) is 8.21. The lowest BCUT2D eigenvalue weighted by Gasteiger charge is -2.07. The normalized spacial score (nSPS) is 12.1. The molecule has 1 unspecified atom stereocenters. The Labute approximate surface area is 69.6 Å². The second-order valence-electron chi connectivity index (χ2n) is 3.01. The van der Waals surface area contributed by atoms with Gasteiger partial charge in [0.1, 0.15) is 0 Å². The summed E-state index contributed by atoms with van der Waals surface area (Å²) in [6.45, 7) is 4.26. The molecule has 0 fully saturated rings. The number of rotatable bonds is 6. The van der Waals surface area contributed by atoms with Crippen molar-refractivity contribution in [3.8, 4) is 6.19 Å². The van der Waals surface area contributed by atoms with E-state index in [0.29, 0.717) is 6.04 Å². The fraction of sp³-hybridized carbons (Fsp3) is 0.889. The highest BCUT2D eigenvalue weighted by Crippen LogP contribution is 2.04. The average molecular weight is 154 g/mol. The van der Waals surface area contributed by atoms with Crippen LogP contribution in [-0.2, 0) is 0 Å². The van der Waals surface area contributed by atoms with Crippen molar-refractivity contribution < 1.29 is 0 Å². The molecule has 0 amide bonds. The Kier molecular flexibility index (Phi) is 6.92. The first-order chi connectivity index (χ1) is 5.31. The minimum absolute atomic E-state index is 0.358. The van der Waals surface area contributed by atoms with Crippen LogP contribution in [0.3, 0.4) is 0 Å². The summed E-state index contributed by atoms with van der Waals surface area (Å²) < 4.78 is 0. The fourth-order valence-electron chi connectivity index (χ4n) is 1.06. The number of unbranched alkanes of at least 4 members (excludes halogenated alkanes) is 3. The van der Waals surface area contributed by atoms with Gasteiger partial charge in [-0.15, -0.1) is 0 Å². The smallest absolute Gasteiger partial charge is 0.176 e. The maximum atomic E-state index is 8.28. The van der Waals surface area contributed by atoms with Gasteiger partial charge < -0.3 is 5.32 Å². The Morgan fingerprint density at radius 1 is 1.36 bits per heavy atom. The molecule has 0 aromatic heterocycles. The first-order valence-corrected chi connectivity index (χ1v) is 4.45. The highest BCUT2D eigenvalue weighted by Gasteiger charge is 1.97. The molecule has 0 aliphatic carbocycles. The van der Waals surface area contributed by atoms with Crippen molar-refractivity contribution in [2.75, 3.05) is 0 Å². The molecule has 0 saturated heterocycles. The highest BCUT2D eigenvalue weighted by atomic mass is 14.9. The van der Waals surface area contributed by atoms with Gasteiger partial charge in [-0.25, -0.2) is 0 Å². The number of nitrogens with zero attached hydrogens (tertiary/aromatic N) is 1. The predicted octanol–water partition coefficient (Wildman–Crippen LogP) is 2.42. The maximum absolute atomic E-state index is 8.28. The van der Waals surface area contributed by atoms with Gasteiger partial charge in [0, 0.05) is 6.04 Å². The lowest BCUT2D eigenvalue weighted by molar-refractivity contribution is 0.536. The van der Waals surface area contributed by atoms with Crippen molar-refractivity contribution in [1.82, 2.24) is 5.32 Å². The van der Waals surface area contributed by atoms with Gasteiger partial charge in [-0.05, 0) is 13.3 Å². The van der Waals surface area contributed by atoms with Gasteiger partial charge in [0.2, 0.25) is 0 Å². The molecule has 2 nitrogen and oxygen atoms in total. The zero-order chi connectivity index (χ0) is 8.53. The van der Waals surface area contributed by atoms with Gasteiger partial charge in [0.05, 0.1) is 0 Å². The van der Waals surface area contributed by atoms with Crippen molar-refractivity contribution in [1.29, 1.82) is 5.26 Å². The van der Waals surface area contributed by atoms with E-state index in [1.807, 2.05) is 6.19 Å². The molecule has 2 heteroatoms. The summed E-state index contributed by atoms with van der Waals surface area (Å²) in [5.41, 5.74) is 0. The first kappa shape index (κ1) is 10.3. The molecule has 0 bridgehead atoms. The van der Waals surface area contributed by atoms with E-state index in [1.165, 1.54) is 25.7 Å². The van der Waals surface area contributed by atoms with Gasteiger partial charge in [-0.2, -0.15) is 5.26 Å². The Morgan fingerprint density at radius 2 is 2.09 bits per heavy atom. The number of hydrogen-bond acceptors (Lipinski definition) is 2. The van der Waals surface area contributed by atoms with Gasteiger partial charge >= 0.3 is 0 Å². The number of nitrogens with one attached hydrogen (secondary N) is 1. The van der Waals surface area contributed by atoms with E-state index in [2.05, 4.69) is 19.2 Å². The van der Waals surface area contributed by atoms with Gasteiger partial charge in [0.25, 0.3) is 0 Å². The van der Waals surface area contributed by atoms with Crippen LogP contribution in [0.2, 0.25) is 0 Å². The van der Waals surface area contributed by atoms with E-state index in [-0.39, 0.29) is 0 Å². The molecule has 64 valence electrons. The molecule has 0 spiro atoms. The first-order valence-electron chi connectivity index (χ1n) is 4.45. The second kappa shape index (κ2) is 7.40. The Bertz CT molecular complexity index is 115. The third-order valence-corrected chi connectivity index (χ3v) is 1.80. The van der Waals surface area contributed by atoms with E-state index in [9.17, 15) is 0 Å². The zero-order valence-electron chi connectivity index (χ0n) is 7.56. The summed E-state index contributed by atoms with van der Waals surface area (Å²) in [5, 5.41) is 11.0. The van der Waals surface area contributed by atoms with Crippen molar-refractivity contribution in [3.63, 3.8) is 0 Å². The molecule has 0 heterocycles. The van der Waals surface area contributed by atoms with Crippen molar-refractivity contribution in [3.05, 3.63) is 0 Å². The Balaban J connectivity index is 3.05. The van der Waals surface area contributed by atoms with Crippen molar-refractivity contribution >= 4 is 0 Å². The van der Waals surface area contributed by atoms with Crippen LogP contribution in [0.5, 0.6) is 0 Å². The summed E-state index contributed by atoms with van der Waals surface area (Å²) in [6, 6.07) is 0.358. The van der Waals surface area contributed by atoms with Crippen LogP contribution in [0.4, 0.5) is 0 Å². The largest absolute Gasteiger partial charge is 0.321 e. The van der Waals surface area contributed by atoms with Crippen molar-refractivity contribution in [2.24, 2.45) is 0 Å². The molecule has 11 heavy (non-hydrogen) atoms. The molecule has 0 aliphatic rings. The zero-order valence-corrected chi connectivity index (χ0v) is 7.56. The van der Waals surface area contributed by atoms with Gasteiger partial charge in [-0.1, -0.05) is 32.6 Å². The minimum atomic E-state index is 0.358. The van der Waals surface area contributed by atoms with Crippen LogP contribution < -0.4 is 5.32 Å².